The molecule has 5 nitrogen and oxygen atoms in total. The van der Waals surface area contributed by atoms with Gasteiger partial charge in [-0.3, -0.25) is 9.78 Å². The first-order valence-corrected chi connectivity index (χ1v) is 19.1. The zero-order valence-electron chi connectivity index (χ0n) is 35.3. The van der Waals surface area contributed by atoms with Gasteiger partial charge in [-0.15, -0.1) is 0 Å². The molecule has 0 atom stereocenters. The lowest BCUT2D eigenvalue weighted by molar-refractivity contribution is -0.688. The zero-order valence-corrected chi connectivity index (χ0v) is 35.3. The van der Waals surface area contributed by atoms with Crippen molar-refractivity contribution in [3.8, 4) is 12.1 Å². The fraction of sp³-hybridized carbons (Fsp3) is 0.233. The molecule has 1 heterocycles. The monoisotopic (exact) mass is 1080 g/mol. The maximum atomic E-state index is 14.2. The van der Waals surface area contributed by atoms with Crippen LogP contribution in [0.15, 0.2) is 109 Å². The first-order valence-electron chi connectivity index (χ1n) is 19.1. The number of hydrogen-bond acceptors (Lipinski definition) is 4. The molecule has 4 aromatic carbocycles. The van der Waals surface area contributed by atoms with Gasteiger partial charge in [-0.2, -0.15) is 142 Å². The van der Waals surface area contributed by atoms with Crippen molar-refractivity contribution in [2.24, 2.45) is 0 Å². The second-order valence-corrected chi connectivity index (χ2v) is 15.3. The molecule has 5 rings (SSSR count). The molecule has 0 bridgehead atoms. The summed E-state index contributed by atoms with van der Waals surface area (Å²) >= 11 is 0. The van der Waals surface area contributed by atoms with Crippen LogP contribution in [-0.2, 0) is 60.7 Å². The minimum absolute atomic E-state index is 0.142. The predicted molar refractivity (Wildman–Crippen MR) is 203 cm³/mol. The number of alkyl halides is 24. The van der Waals surface area contributed by atoms with Crippen LogP contribution in [0.1, 0.15) is 51.4 Å². The van der Waals surface area contributed by atoms with Crippen LogP contribution >= 0.6 is 0 Å². The maximum absolute atomic E-state index is 14.2. The summed E-state index contributed by atoms with van der Waals surface area (Å²) in [5.41, 5.74) is -30.1. The van der Waals surface area contributed by atoms with Gasteiger partial charge in [0, 0.05) is 0 Å². The van der Waals surface area contributed by atoms with Crippen LogP contribution in [0.5, 0.6) is 0 Å². The van der Waals surface area contributed by atoms with Crippen molar-refractivity contribution in [3.05, 3.63) is 153 Å². The van der Waals surface area contributed by atoms with E-state index >= 15 is 0 Å². The topological polar surface area (TPSA) is 81.4 Å². The Morgan fingerprint density at radius 1 is 0.425 bits per heavy atom. The summed E-state index contributed by atoms with van der Waals surface area (Å²) in [4.78, 5) is 15.1. The van der Waals surface area contributed by atoms with Gasteiger partial charge in [0.15, 0.2) is 24.7 Å². The van der Waals surface area contributed by atoms with Crippen molar-refractivity contribution in [2.45, 2.75) is 62.9 Å². The summed E-state index contributed by atoms with van der Waals surface area (Å²) in [7, 11) is 0. The molecule has 0 saturated carbocycles. The van der Waals surface area contributed by atoms with Crippen molar-refractivity contribution >= 4 is 33.8 Å². The van der Waals surface area contributed by atoms with Gasteiger partial charge in [0.25, 0.3) is 0 Å². The maximum Gasteiger partial charge on any atom is 0.416 e. The summed E-state index contributed by atoms with van der Waals surface area (Å²) in [6.45, 7) is 1.54. The number of aromatic nitrogens is 2. The standard InChI is InChI=1S/C32H12BF24.C11H9N4O/c34-25(35,36)13-1-14(26(37,38)39)6-21(5-13)33(22-7-15(27(40,41)42)2-16(8-22)28(43,44)45,23-9-17(29(46,47)48)3-18(10-23)30(49,50)51)24-11-19(31(52,53)54)4-20(12-24)32(55,56)57;1-9(16)11(10(6-12)7-13)8-15-4-2-14-3-5-15/h1-12H;2-5H,8H2,1H3/q-1;+1. The van der Waals surface area contributed by atoms with Gasteiger partial charge in [-0.05, 0) is 31.2 Å². The van der Waals surface area contributed by atoms with E-state index < -0.39 is 195 Å². The number of carbonyl (C=O) groups is 1. The average molecular weight is 1080 g/mol. The molecule has 1 aromatic heterocycles. The number of halogens is 24. The number of ketones is 1. The lowest BCUT2D eigenvalue weighted by Gasteiger charge is -2.46. The summed E-state index contributed by atoms with van der Waals surface area (Å²) < 4.78 is 342. The molecule has 30 heteroatoms. The highest BCUT2D eigenvalue weighted by Gasteiger charge is 2.47. The van der Waals surface area contributed by atoms with Crippen LogP contribution in [0.25, 0.3) is 0 Å². The summed E-state index contributed by atoms with van der Waals surface area (Å²) in [5, 5.41) is 17.4. The fourth-order valence-corrected chi connectivity index (χ4v) is 7.23. The van der Waals surface area contributed by atoms with Crippen LogP contribution < -0.4 is 26.4 Å². The van der Waals surface area contributed by atoms with Crippen LogP contribution in [0.3, 0.4) is 0 Å². The third-order valence-electron chi connectivity index (χ3n) is 10.4. The van der Waals surface area contributed by atoms with E-state index in [9.17, 15) is 110 Å². The Morgan fingerprint density at radius 2 is 0.630 bits per heavy atom. The van der Waals surface area contributed by atoms with Gasteiger partial charge >= 0.3 is 49.4 Å². The Bertz CT molecular complexity index is 2530. The average Bonchev–Trinajstić information content (AvgIpc) is 3.24. The number of carbonyl (C=O) groups excluding carboxylic acids is 1. The second-order valence-electron chi connectivity index (χ2n) is 15.3. The number of nitrogens with zero attached hydrogens (tertiary/aromatic N) is 4. The van der Waals surface area contributed by atoms with Gasteiger partial charge in [0.1, 0.15) is 23.9 Å². The highest BCUT2D eigenvalue weighted by molar-refractivity contribution is 7.20. The quantitative estimate of drug-likeness (QED) is 0.0535. The summed E-state index contributed by atoms with van der Waals surface area (Å²) in [6, 6.07) is -5.37. The molecule has 0 fully saturated rings. The van der Waals surface area contributed by atoms with Crippen LogP contribution in [0, 0.1) is 22.7 Å². The van der Waals surface area contributed by atoms with Crippen molar-refractivity contribution in [1.29, 1.82) is 10.5 Å². The molecule has 0 aliphatic carbocycles. The van der Waals surface area contributed by atoms with Gasteiger partial charge < -0.3 is 0 Å². The number of Topliss-reactive ketones (excluding diaryl/α,β-unsaturated/α-hetero) is 1. The SMILES string of the molecule is CC(=O)C(C[n+]1ccncc1)=C(C#N)C#N.FC(F)(F)c1cc([B-](c2cc(C(F)(F)F)cc(C(F)(F)F)c2)(c2cc(C(F)(F)F)cc(C(F)(F)F)c2)c2cc(C(F)(F)F)cc(C(F)(F)F)c2)cc(C(F)(F)F)c1. The van der Waals surface area contributed by atoms with Gasteiger partial charge in [0.05, 0.1) is 62.5 Å². The van der Waals surface area contributed by atoms with E-state index in [-0.39, 0.29) is 23.5 Å². The number of hydrogen-bond donors (Lipinski definition) is 0. The van der Waals surface area contributed by atoms with Crippen LogP contribution in [0.2, 0.25) is 0 Å². The van der Waals surface area contributed by atoms with E-state index in [1.54, 1.807) is 41.5 Å². The van der Waals surface area contributed by atoms with E-state index in [2.05, 4.69) is 4.98 Å². The minimum atomic E-state index is -6.13. The van der Waals surface area contributed by atoms with E-state index in [1.165, 1.54) is 6.92 Å². The lowest BCUT2D eigenvalue weighted by Crippen LogP contribution is -2.75. The molecule has 0 unspecified atom stereocenters. The van der Waals surface area contributed by atoms with Crippen molar-refractivity contribution in [1.82, 2.24) is 4.98 Å². The molecule has 0 aliphatic heterocycles. The molecule has 0 radical (unpaired) electrons. The van der Waals surface area contributed by atoms with Crippen molar-refractivity contribution in [2.75, 3.05) is 0 Å². The Hall–Kier alpha value is -7.27. The lowest BCUT2D eigenvalue weighted by atomic mass is 9.12. The first kappa shape index (κ1) is 58.3. The van der Waals surface area contributed by atoms with E-state index in [0.29, 0.717) is 0 Å². The van der Waals surface area contributed by atoms with Crippen LogP contribution in [0.4, 0.5) is 105 Å². The summed E-state index contributed by atoms with van der Waals surface area (Å²) in [6.07, 6.45) is -48.4. The predicted octanol–water partition coefficient (Wildman–Crippen LogP) is 11.5. The van der Waals surface area contributed by atoms with Gasteiger partial charge in [-0.1, -0.05) is 48.5 Å². The van der Waals surface area contributed by atoms with E-state index in [1.807, 2.05) is 0 Å². The van der Waals surface area contributed by atoms with Gasteiger partial charge in [0.2, 0.25) is 0 Å². The Balaban J connectivity index is 0.000000613. The van der Waals surface area contributed by atoms with Crippen molar-refractivity contribution in [3.63, 3.8) is 0 Å². The smallest absolute Gasteiger partial charge is 0.295 e. The molecule has 5 aromatic rings. The highest BCUT2D eigenvalue weighted by Crippen LogP contribution is 2.41. The Morgan fingerprint density at radius 3 is 0.795 bits per heavy atom. The molecule has 0 spiro atoms. The zero-order chi connectivity index (χ0) is 55.9. The third kappa shape index (κ3) is 13.6. The number of rotatable bonds is 7. The highest BCUT2D eigenvalue weighted by atomic mass is 19.4. The Kier molecular flexibility index (Phi) is 16.0. The largest absolute Gasteiger partial charge is 0.416 e. The van der Waals surface area contributed by atoms with E-state index in [0.717, 1.165) is 0 Å². The number of benzene rings is 4. The molecule has 0 amide bonds. The second kappa shape index (κ2) is 20.0. The van der Waals surface area contributed by atoms with Crippen LogP contribution in [-0.4, -0.2) is 16.9 Å². The van der Waals surface area contributed by atoms with Gasteiger partial charge in [-0.25, -0.2) is 0 Å². The first-order chi connectivity index (χ1) is 32.9. The van der Waals surface area contributed by atoms with E-state index in [4.69, 9.17) is 10.5 Å². The number of nitriles is 2. The minimum Gasteiger partial charge on any atom is -0.295 e. The molecule has 0 saturated heterocycles. The fourth-order valence-electron chi connectivity index (χ4n) is 7.23. The molecule has 390 valence electrons. The normalized spacial score (nSPS) is 13.1. The molecule has 0 N–H and O–H groups in total. The molecule has 0 aliphatic rings. The molecular weight excluding hydrogens is 1060 g/mol. The molecular formula is C43H21BF24N4O. The van der Waals surface area contributed by atoms with Crippen molar-refractivity contribution < 1.29 is 115 Å². The number of allylic oxidation sites excluding steroid dienone is 2. The Labute approximate surface area is 392 Å². The summed E-state index contributed by atoms with van der Waals surface area (Å²) in [5.74, 6) is -0.276. The third-order valence-corrected chi connectivity index (χ3v) is 10.4. The molecule has 73 heavy (non-hydrogen) atoms.